The molecule has 0 spiro atoms. The Bertz CT molecular complexity index is 1410. The van der Waals surface area contributed by atoms with E-state index in [2.05, 4.69) is 25.5 Å². The second-order valence-corrected chi connectivity index (χ2v) is 9.10. The molecule has 9 heteroatoms. The van der Waals surface area contributed by atoms with Gasteiger partial charge in [0.15, 0.2) is 0 Å². The van der Waals surface area contributed by atoms with Crippen molar-refractivity contribution in [3.63, 3.8) is 0 Å². The van der Waals surface area contributed by atoms with Crippen molar-refractivity contribution in [2.75, 3.05) is 18.4 Å². The lowest BCUT2D eigenvalue weighted by Gasteiger charge is -2.29. The molecule has 1 amide bonds. The fourth-order valence-electron chi connectivity index (χ4n) is 4.91. The number of aliphatic hydroxyl groups is 1. The molecule has 0 radical (unpaired) electrons. The smallest absolute Gasteiger partial charge is 0.254 e. The number of nitrogens with one attached hydrogen (secondary N) is 2. The molecule has 2 aliphatic heterocycles. The Hall–Kier alpha value is -3.82. The zero-order valence-corrected chi connectivity index (χ0v) is 19.0. The number of anilines is 2. The summed E-state index contributed by atoms with van der Waals surface area (Å²) in [6.07, 6.45) is 6.62. The zero-order valence-electron chi connectivity index (χ0n) is 19.0. The highest BCUT2D eigenvalue weighted by Crippen LogP contribution is 2.35. The van der Waals surface area contributed by atoms with Crippen molar-refractivity contribution in [3.05, 3.63) is 77.5 Å². The van der Waals surface area contributed by atoms with Gasteiger partial charge in [0.2, 0.25) is 0 Å². The van der Waals surface area contributed by atoms with Crippen LogP contribution in [0.25, 0.3) is 16.9 Å². The molecule has 0 aliphatic carbocycles. The summed E-state index contributed by atoms with van der Waals surface area (Å²) in [5.41, 5.74) is 5.42. The number of aromatic nitrogens is 3. The van der Waals surface area contributed by atoms with Crippen LogP contribution in [0.1, 0.15) is 34.3 Å². The Kier molecular flexibility index (Phi) is 5.43. The number of halogens is 1. The summed E-state index contributed by atoms with van der Waals surface area (Å²) in [7, 11) is 0. The summed E-state index contributed by atoms with van der Waals surface area (Å²) in [5, 5.41) is 15.9. The lowest BCUT2D eigenvalue weighted by Crippen LogP contribution is -2.35. The number of fused-ring (bicyclic) bond motifs is 2. The highest BCUT2D eigenvalue weighted by atomic mass is 19.1. The minimum atomic E-state index is -0.343. The third-order valence-electron chi connectivity index (χ3n) is 6.77. The SMILES string of the molecule is O=C1NCc2c(-c3cnc4cc(F)ccn34)ccc(Nc3ccc(CN4CCC(O)CC4)cn3)c21. The Balaban J connectivity index is 1.26. The van der Waals surface area contributed by atoms with Gasteiger partial charge in [-0.1, -0.05) is 12.1 Å². The maximum absolute atomic E-state index is 13.6. The number of amides is 1. The molecule has 5 heterocycles. The van der Waals surface area contributed by atoms with E-state index in [1.54, 1.807) is 12.4 Å². The van der Waals surface area contributed by atoms with Crippen LogP contribution in [0.2, 0.25) is 0 Å². The summed E-state index contributed by atoms with van der Waals surface area (Å²) in [4.78, 5) is 23.9. The molecule has 0 atom stereocenters. The van der Waals surface area contributed by atoms with E-state index < -0.39 is 0 Å². The first-order valence-corrected chi connectivity index (χ1v) is 11.7. The van der Waals surface area contributed by atoms with Crippen LogP contribution in [0.3, 0.4) is 0 Å². The molecule has 1 saturated heterocycles. The first-order valence-electron chi connectivity index (χ1n) is 11.7. The van der Waals surface area contributed by atoms with E-state index in [1.165, 1.54) is 12.1 Å². The highest BCUT2D eigenvalue weighted by molar-refractivity contribution is 6.06. The molecule has 0 bridgehead atoms. The number of piperidine rings is 1. The summed E-state index contributed by atoms with van der Waals surface area (Å²) in [6.45, 7) is 2.98. The standard InChI is InChI=1S/C26H25FN6O2/c27-17-5-10-33-22(14-29-24(33)11-17)19-2-3-21(25-20(19)13-30-26(25)35)31-23-4-1-16(12-28-23)15-32-8-6-18(34)7-9-32/h1-5,10-12,14,18,34H,6-9,13,15H2,(H,28,31)(H,30,35). The van der Waals surface area contributed by atoms with Gasteiger partial charge in [-0.05, 0) is 42.2 Å². The predicted molar refractivity (Wildman–Crippen MR) is 130 cm³/mol. The van der Waals surface area contributed by atoms with E-state index >= 15 is 0 Å². The van der Waals surface area contributed by atoms with Crippen LogP contribution >= 0.6 is 0 Å². The van der Waals surface area contributed by atoms with Crippen LogP contribution in [0.4, 0.5) is 15.9 Å². The van der Waals surface area contributed by atoms with Crippen LogP contribution in [0.15, 0.2) is 55.0 Å². The molecular formula is C26H25FN6O2. The van der Waals surface area contributed by atoms with Crippen molar-refractivity contribution < 1.29 is 14.3 Å². The number of pyridine rings is 2. The van der Waals surface area contributed by atoms with Gasteiger partial charge in [0.25, 0.3) is 5.91 Å². The van der Waals surface area contributed by atoms with Crippen LogP contribution in [0, 0.1) is 5.82 Å². The molecule has 1 aromatic carbocycles. The van der Waals surface area contributed by atoms with Crippen LogP contribution < -0.4 is 10.6 Å². The number of hydrogen-bond donors (Lipinski definition) is 3. The lowest BCUT2D eigenvalue weighted by molar-refractivity contribution is 0.0792. The van der Waals surface area contributed by atoms with Crippen molar-refractivity contribution in [3.8, 4) is 11.3 Å². The molecule has 4 aromatic rings. The van der Waals surface area contributed by atoms with Gasteiger partial charge in [-0.15, -0.1) is 0 Å². The fraction of sp³-hybridized carbons (Fsp3) is 0.269. The van der Waals surface area contributed by atoms with E-state index in [0.717, 1.165) is 54.9 Å². The van der Waals surface area contributed by atoms with Crippen LogP contribution in [-0.4, -0.2) is 49.5 Å². The minimum absolute atomic E-state index is 0.145. The summed E-state index contributed by atoms with van der Waals surface area (Å²) < 4.78 is 15.4. The van der Waals surface area contributed by atoms with Crippen molar-refractivity contribution >= 4 is 23.1 Å². The molecule has 6 rings (SSSR count). The minimum Gasteiger partial charge on any atom is -0.393 e. The Labute approximate surface area is 201 Å². The number of hydrogen-bond acceptors (Lipinski definition) is 6. The number of aliphatic hydroxyl groups excluding tert-OH is 1. The van der Waals surface area contributed by atoms with E-state index in [0.29, 0.717) is 29.3 Å². The van der Waals surface area contributed by atoms with Crippen molar-refractivity contribution in [2.45, 2.75) is 32.0 Å². The quantitative estimate of drug-likeness (QED) is 0.412. The number of nitrogens with zero attached hydrogens (tertiary/aromatic N) is 4. The molecule has 35 heavy (non-hydrogen) atoms. The van der Waals surface area contributed by atoms with Gasteiger partial charge in [-0.2, -0.15) is 0 Å². The monoisotopic (exact) mass is 472 g/mol. The number of carbonyl (C=O) groups excluding carboxylic acids is 1. The Morgan fingerprint density at radius 2 is 1.97 bits per heavy atom. The fourth-order valence-corrected chi connectivity index (χ4v) is 4.91. The third kappa shape index (κ3) is 4.13. The Morgan fingerprint density at radius 3 is 2.77 bits per heavy atom. The normalized spacial score (nSPS) is 16.5. The molecule has 0 saturated carbocycles. The lowest BCUT2D eigenvalue weighted by atomic mass is 9.99. The Morgan fingerprint density at radius 1 is 1.11 bits per heavy atom. The van der Waals surface area contributed by atoms with Crippen molar-refractivity contribution in [2.24, 2.45) is 0 Å². The first kappa shape index (κ1) is 21.7. The zero-order chi connectivity index (χ0) is 23.9. The van der Waals surface area contributed by atoms with Gasteiger partial charge in [0.05, 0.1) is 29.2 Å². The van der Waals surface area contributed by atoms with E-state index in [4.69, 9.17) is 0 Å². The van der Waals surface area contributed by atoms with Crippen molar-refractivity contribution in [1.82, 2.24) is 24.6 Å². The number of carbonyl (C=O) groups is 1. The summed E-state index contributed by atoms with van der Waals surface area (Å²) >= 11 is 0. The molecule has 3 N–H and O–H groups in total. The number of imidazole rings is 1. The molecule has 178 valence electrons. The maximum atomic E-state index is 13.6. The third-order valence-corrected chi connectivity index (χ3v) is 6.77. The number of benzene rings is 1. The van der Waals surface area contributed by atoms with Crippen LogP contribution in [0.5, 0.6) is 0 Å². The topological polar surface area (TPSA) is 94.8 Å². The first-order chi connectivity index (χ1) is 17.0. The molecule has 0 unspecified atom stereocenters. The largest absolute Gasteiger partial charge is 0.393 e. The van der Waals surface area contributed by atoms with Gasteiger partial charge >= 0.3 is 0 Å². The second-order valence-electron chi connectivity index (χ2n) is 9.10. The number of likely N-dealkylation sites (tertiary alicyclic amines) is 1. The summed E-state index contributed by atoms with van der Waals surface area (Å²) in [5.74, 6) is 0.167. The van der Waals surface area contributed by atoms with Gasteiger partial charge in [-0.3, -0.25) is 14.1 Å². The average molecular weight is 473 g/mol. The van der Waals surface area contributed by atoms with E-state index in [1.807, 2.05) is 34.9 Å². The van der Waals surface area contributed by atoms with Gasteiger partial charge in [-0.25, -0.2) is 14.4 Å². The van der Waals surface area contributed by atoms with E-state index in [-0.39, 0.29) is 17.8 Å². The summed E-state index contributed by atoms with van der Waals surface area (Å²) in [6, 6.07) is 10.5. The van der Waals surface area contributed by atoms with Crippen molar-refractivity contribution in [1.29, 1.82) is 0 Å². The predicted octanol–water partition coefficient (Wildman–Crippen LogP) is 3.48. The van der Waals surface area contributed by atoms with Gasteiger partial charge in [0, 0.05) is 50.2 Å². The molecular weight excluding hydrogens is 447 g/mol. The molecule has 1 fully saturated rings. The second kappa shape index (κ2) is 8.75. The van der Waals surface area contributed by atoms with Crippen LogP contribution in [-0.2, 0) is 13.1 Å². The van der Waals surface area contributed by atoms with E-state index in [9.17, 15) is 14.3 Å². The van der Waals surface area contributed by atoms with Gasteiger partial charge < -0.3 is 15.7 Å². The average Bonchev–Trinajstić information content (AvgIpc) is 3.46. The maximum Gasteiger partial charge on any atom is 0.254 e. The molecule has 8 nitrogen and oxygen atoms in total. The number of rotatable bonds is 5. The molecule has 2 aliphatic rings. The molecule has 3 aromatic heterocycles. The van der Waals surface area contributed by atoms with Gasteiger partial charge in [0.1, 0.15) is 17.3 Å². The highest BCUT2D eigenvalue weighted by Gasteiger charge is 2.27.